The molecule has 0 saturated carbocycles. The van der Waals surface area contributed by atoms with Crippen molar-refractivity contribution < 1.29 is 28.8 Å². The summed E-state index contributed by atoms with van der Waals surface area (Å²) in [5.41, 5.74) is 1.00. The van der Waals surface area contributed by atoms with Crippen molar-refractivity contribution in [2.45, 2.75) is 37.3 Å². The van der Waals surface area contributed by atoms with Crippen molar-refractivity contribution in [1.82, 2.24) is 0 Å². The monoisotopic (exact) mass is 296 g/mol. The van der Waals surface area contributed by atoms with E-state index in [9.17, 15) is 5.11 Å². The third kappa shape index (κ3) is 2.90. The van der Waals surface area contributed by atoms with Crippen molar-refractivity contribution in [3.8, 4) is 5.75 Å². The highest BCUT2D eigenvalue weighted by Crippen LogP contribution is 2.32. The lowest BCUT2D eigenvalue weighted by Gasteiger charge is -2.37. The highest BCUT2D eigenvalue weighted by atomic mass is 16.8. The molecule has 0 amide bonds. The number of ether oxygens (including phenoxy) is 5. The Morgan fingerprint density at radius 1 is 1.19 bits per heavy atom. The van der Waals surface area contributed by atoms with Crippen LogP contribution in [0.25, 0.3) is 0 Å². The molecule has 116 valence electrons. The fourth-order valence-electron chi connectivity index (χ4n) is 2.71. The maximum Gasteiger partial charge on any atom is 0.187 e. The molecule has 0 aliphatic carbocycles. The Bertz CT molecular complexity index is 462. The van der Waals surface area contributed by atoms with E-state index < -0.39 is 24.6 Å². The van der Waals surface area contributed by atoms with Crippen LogP contribution >= 0.6 is 0 Å². The molecule has 6 heteroatoms. The smallest absolute Gasteiger partial charge is 0.187 e. The van der Waals surface area contributed by atoms with Gasteiger partial charge in [0, 0.05) is 7.11 Å². The summed E-state index contributed by atoms with van der Waals surface area (Å²) in [6.45, 7) is 0.753. The summed E-state index contributed by atoms with van der Waals surface area (Å²) in [5.74, 6) is 0.798. The van der Waals surface area contributed by atoms with E-state index in [1.807, 2.05) is 24.3 Å². The molecule has 2 saturated heterocycles. The van der Waals surface area contributed by atoms with E-state index >= 15 is 0 Å². The molecule has 0 aromatic heterocycles. The molecule has 2 heterocycles. The van der Waals surface area contributed by atoms with Gasteiger partial charge in [0.15, 0.2) is 6.29 Å². The maximum atomic E-state index is 10.2. The van der Waals surface area contributed by atoms with Crippen LogP contribution in [0.5, 0.6) is 5.75 Å². The van der Waals surface area contributed by atoms with Gasteiger partial charge in [-0.25, -0.2) is 0 Å². The first-order valence-corrected chi connectivity index (χ1v) is 6.95. The summed E-state index contributed by atoms with van der Waals surface area (Å²) in [6.07, 6.45) is -2.46. The number of benzene rings is 1. The van der Waals surface area contributed by atoms with E-state index in [1.54, 1.807) is 14.2 Å². The summed E-state index contributed by atoms with van der Waals surface area (Å²) in [5, 5.41) is 10.2. The van der Waals surface area contributed by atoms with Crippen LogP contribution in [0.4, 0.5) is 0 Å². The summed E-state index contributed by atoms with van der Waals surface area (Å²) < 4.78 is 27.4. The number of hydrogen-bond acceptors (Lipinski definition) is 6. The summed E-state index contributed by atoms with van der Waals surface area (Å²) in [6, 6.07) is 7.61. The van der Waals surface area contributed by atoms with Gasteiger partial charge in [-0.15, -0.1) is 0 Å². The maximum absolute atomic E-state index is 10.2. The largest absolute Gasteiger partial charge is 0.497 e. The molecule has 2 bridgehead atoms. The SMILES string of the molecule is COc1ccc(COC2[C@@H]3OCC(O3)[C@@H](O)[C@H]2OC)cc1. The van der Waals surface area contributed by atoms with Gasteiger partial charge in [-0.1, -0.05) is 12.1 Å². The van der Waals surface area contributed by atoms with Gasteiger partial charge >= 0.3 is 0 Å². The van der Waals surface area contributed by atoms with Gasteiger partial charge in [0.25, 0.3) is 0 Å². The fraction of sp³-hybridized carbons (Fsp3) is 0.600. The predicted molar refractivity (Wildman–Crippen MR) is 73.0 cm³/mol. The molecule has 2 fully saturated rings. The molecule has 2 aliphatic heterocycles. The van der Waals surface area contributed by atoms with Gasteiger partial charge in [-0.05, 0) is 17.7 Å². The van der Waals surface area contributed by atoms with Gasteiger partial charge in [-0.3, -0.25) is 0 Å². The lowest BCUT2D eigenvalue weighted by atomic mass is 10.0. The average molecular weight is 296 g/mol. The first-order chi connectivity index (χ1) is 10.2. The second kappa shape index (κ2) is 6.29. The lowest BCUT2D eigenvalue weighted by molar-refractivity contribution is -0.251. The molecular weight excluding hydrogens is 276 g/mol. The third-order valence-corrected chi connectivity index (χ3v) is 3.92. The Labute approximate surface area is 123 Å². The molecule has 2 unspecified atom stereocenters. The van der Waals surface area contributed by atoms with Crippen molar-refractivity contribution >= 4 is 0 Å². The van der Waals surface area contributed by atoms with Crippen LogP contribution in [-0.4, -0.2) is 56.6 Å². The van der Waals surface area contributed by atoms with E-state index in [2.05, 4.69) is 0 Å². The molecular formula is C15H20O6. The molecule has 3 rings (SSSR count). The molecule has 6 nitrogen and oxygen atoms in total. The quantitative estimate of drug-likeness (QED) is 0.863. The highest BCUT2D eigenvalue weighted by Gasteiger charge is 2.51. The second-order valence-electron chi connectivity index (χ2n) is 5.19. The van der Waals surface area contributed by atoms with E-state index in [0.29, 0.717) is 13.2 Å². The molecule has 1 aromatic rings. The highest BCUT2D eigenvalue weighted by molar-refractivity contribution is 5.26. The molecule has 0 radical (unpaired) electrons. The zero-order valence-corrected chi connectivity index (χ0v) is 12.1. The first kappa shape index (κ1) is 14.7. The minimum atomic E-state index is -0.741. The molecule has 1 N–H and O–H groups in total. The summed E-state index contributed by atoms with van der Waals surface area (Å²) in [7, 11) is 3.19. The summed E-state index contributed by atoms with van der Waals surface area (Å²) in [4.78, 5) is 0. The van der Waals surface area contributed by atoms with Crippen molar-refractivity contribution in [3.63, 3.8) is 0 Å². The molecule has 21 heavy (non-hydrogen) atoms. The van der Waals surface area contributed by atoms with Crippen LogP contribution in [0.15, 0.2) is 24.3 Å². The van der Waals surface area contributed by atoms with Crippen LogP contribution in [0.1, 0.15) is 5.56 Å². The Balaban J connectivity index is 1.64. The third-order valence-electron chi connectivity index (χ3n) is 3.92. The molecule has 2 aliphatic rings. The van der Waals surface area contributed by atoms with Gasteiger partial charge < -0.3 is 28.8 Å². The number of hydrogen-bond donors (Lipinski definition) is 1. The van der Waals surface area contributed by atoms with E-state index in [-0.39, 0.29) is 6.10 Å². The number of fused-ring (bicyclic) bond motifs is 2. The minimum absolute atomic E-state index is 0.333. The normalized spacial score (nSPS) is 34.9. The van der Waals surface area contributed by atoms with Crippen LogP contribution < -0.4 is 4.74 Å². The van der Waals surface area contributed by atoms with Gasteiger partial charge in [-0.2, -0.15) is 0 Å². The average Bonchev–Trinajstić information content (AvgIpc) is 2.96. The number of aliphatic hydroxyl groups excluding tert-OH is 1. The van der Waals surface area contributed by atoms with E-state index in [4.69, 9.17) is 23.7 Å². The zero-order chi connectivity index (χ0) is 14.8. The van der Waals surface area contributed by atoms with Crippen molar-refractivity contribution in [2.75, 3.05) is 20.8 Å². The van der Waals surface area contributed by atoms with Gasteiger partial charge in [0.1, 0.15) is 30.2 Å². The number of aliphatic hydroxyl groups is 1. The van der Waals surface area contributed by atoms with Crippen molar-refractivity contribution in [1.29, 1.82) is 0 Å². The first-order valence-electron chi connectivity index (χ1n) is 6.95. The Hall–Kier alpha value is -1.18. The van der Waals surface area contributed by atoms with E-state index in [1.165, 1.54) is 0 Å². The van der Waals surface area contributed by atoms with Crippen molar-refractivity contribution in [2.24, 2.45) is 0 Å². The fourth-order valence-corrected chi connectivity index (χ4v) is 2.71. The predicted octanol–water partition coefficient (Wildman–Crippen LogP) is 0.711. The van der Waals surface area contributed by atoms with E-state index in [0.717, 1.165) is 11.3 Å². The minimum Gasteiger partial charge on any atom is -0.497 e. The Morgan fingerprint density at radius 2 is 1.95 bits per heavy atom. The van der Waals surface area contributed by atoms with Crippen LogP contribution in [0.3, 0.4) is 0 Å². The van der Waals surface area contributed by atoms with Gasteiger partial charge in [0.2, 0.25) is 0 Å². The number of methoxy groups -OCH3 is 2. The zero-order valence-electron chi connectivity index (χ0n) is 12.1. The van der Waals surface area contributed by atoms with Crippen LogP contribution in [-0.2, 0) is 25.6 Å². The standard InChI is InChI=1S/C15H20O6/c1-17-10-5-3-9(4-6-10)7-19-14-13(18-2)12(16)11-8-20-15(14)21-11/h3-6,11-16H,7-8H2,1-2H3/t11?,12-,13-,14?,15-/m1/s1. The molecule has 1 aromatic carbocycles. The van der Waals surface area contributed by atoms with Gasteiger partial charge in [0.05, 0.1) is 20.3 Å². The topological polar surface area (TPSA) is 66.4 Å². The van der Waals surface area contributed by atoms with Crippen LogP contribution in [0, 0.1) is 0 Å². The van der Waals surface area contributed by atoms with Crippen LogP contribution in [0.2, 0.25) is 0 Å². The van der Waals surface area contributed by atoms with Crippen molar-refractivity contribution in [3.05, 3.63) is 29.8 Å². The Morgan fingerprint density at radius 3 is 2.62 bits per heavy atom. The second-order valence-corrected chi connectivity index (χ2v) is 5.19. The number of rotatable bonds is 5. The molecule has 0 spiro atoms. The Kier molecular flexibility index (Phi) is 4.42. The summed E-state index contributed by atoms with van der Waals surface area (Å²) >= 11 is 0. The molecule has 5 atom stereocenters. The lowest BCUT2D eigenvalue weighted by Crippen LogP contribution is -2.55.